The Morgan fingerprint density at radius 2 is 1.97 bits per heavy atom. The maximum atomic E-state index is 13.1. The van der Waals surface area contributed by atoms with Crippen molar-refractivity contribution in [2.45, 2.75) is 58.0 Å². The third-order valence-electron chi connectivity index (χ3n) is 5.15. The van der Waals surface area contributed by atoms with Crippen molar-refractivity contribution in [2.24, 2.45) is 0 Å². The number of carbonyl (C=O) groups is 2. The third kappa shape index (κ3) is 5.65. The number of ether oxygens (including phenoxy) is 1. The third-order valence-corrected chi connectivity index (χ3v) is 5.83. The summed E-state index contributed by atoms with van der Waals surface area (Å²) in [6, 6.07) is 7.20. The first-order valence-electron chi connectivity index (χ1n) is 10.7. The molecule has 10 heteroatoms. The van der Waals surface area contributed by atoms with Crippen LogP contribution in [0.25, 0.3) is 5.69 Å². The number of hydrogen-bond acceptors (Lipinski definition) is 5. The molecule has 1 aliphatic rings. The van der Waals surface area contributed by atoms with Crippen molar-refractivity contribution in [3.05, 3.63) is 57.4 Å². The topological polar surface area (TPSA) is 91.0 Å². The van der Waals surface area contributed by atoms with Crippen LogP contribution in [-0.4, -0.2) is 37.2 Å². The van der Waals surface area contributed by atoms with E-state index in [9.17, 15) is 9.59 Å². The lowest BCUT2D eigenvalue weighted by Gasteiger charge is -2.20. The summed E-state index contributed by atoms with van der Waals surface area (Å²) >= 11 is 9.56. The summed E-state index contributed by atoms with van der Waals surface area (Å²) in [7, 11) is 0. The number of nitrogens with zero attached hydrogens (tertiary/aromatic N) is 4. The molecular formula is C23H25BrClN5O3. The second kappa shape index (κ2) is 8.95. The SMILES string of the molecule is CC(C(=O)Nc1cc(C2CC2)nn1C(=O)OC(C)(C)C)c1cnn(-c2cc(Cl)cc(Br)c2)c1. The largest absolute Gasteiger partial charge is 0.442 e. The van der Waals surface area contributed by atoms with Crippen LogP contribution in [-0.2, 0) is 9.53 Å². The van der Waals surface area contributed by atoms with Gasteiger partial charge < -0.3 is 10.1 Å². The summed E-state index contributed by atoms with van der Waals surface area (Å²) < 4.78 is 9.08. The maximum absolute atomic E-state index is 13.1. The van der Waals surface area contributed by atoms with Crippen LogP contribution in [0.2, 0.25) is 5.02 Å². The Bertz CT molecular complexity index is 1190. The van der Waals surface area contributed by atoms with Crippen molar-refractivity contribution < 1.29 is 14.3 Å². The average Bonchev–Trinajstić information content (AvgIpc) is 3.28. The average molecular weight is 535 g/mol. The minimum Gasteiger partial charge on any atom is -0.442 e. The fourth-order valence-corrected chi connectivity index (χ4v) is 4.11. The molecule has 0 aliphatic heterocycles. The summed E-state index contributed by atoms with van der Waals surface area (Å²) in [4.78, 5) is 25.7. The molecule has 1 amide bonds. The minimum atomic E-state index is -0.679. The molecule has 8 nitrogen and oxygen atoms in total. The van der Waals surface area contributed by atoms with E-state index in [2.05, 4.69) is 31.4 Å². The molecule has 1 unspecified atom stereocenters. The number of halogens is 2. The van der Waals surface area contributed by atoms with Gasteiger partial charge in [-0.3, -0.25) is 4.79 Å². The van der Waals surface area contributed by atoms with Crippen molar-refractivity contribution in [3.63, 3.8) is 0 Å². The molecule has 0 bridgehead atoms. The summed E-state index contributed by atoms with van der Waals surface area (Å²) in [6.45, 7) is 7.13. The molecule has 1 fully saturated rings. The lowest BCUT2D eigenvalue weighted by atomic mass is 10.0. The van der Waals surface area contributed by atoms with Gasteiger partial charge in [0.15, 0.2) is 0 Å². The molecule has 1 atom stereocenters. The van der Waals surface area contributed by atoms with Crippen LogP contribution < -0.4 is 5.32 Å². The Hall–Kier alpha value is -2.65. The first-order valence-corrected chi connectivity index (χ1v) is 11.8. The molecule has 0 spiro atoms. The highest BCUT2D eigenvalue weighted by molar-refractivity contribution is 9.10. The summed E-state index contributed by atoms with van der Waals surface area (Å²) in [6.07, 6.45) is 4.84. The molecule has 1 aliphatic carbocycles. The highest BCUT2D eigenvalue weighted by Gasteiger charge is 2.31. The zero-order valence-electron chi connectivity index (χ0n) is 18.8. The number of benzene rings is 1. The van der Waals surface area contributed by atoms with Gasteiger partial charge in [-0.2, -0.15) is 10.2 Å². The molecule has 0 radical (unpaired) electrons. The van der Waals surface area contributed by atoms with Gasteiger partial charge >= 0.3 is 6.09 Å². The summed E-state index contributed by atoms with van der Waals surface area (Å²) in [5.41, 5.74) is 1.59. The van der Waals surface area contributed by atoms with Gasteiger partial charge in [-0.15, -0.1) is 4.68 Å². The lowest BCUT2D eigenvalue weighted by Crippen LogP contribution is -2.29. The van der Waals surface area contributed by atoms with E-state index in [0.717, 1.165) is 33.4 Å². The summed E-state index contributed by atoms with van der Waals surface area (Å²) in [5.74, 6) is -0.187. The predicted octanol–water partition coefficient (Wildman–Crippen LogP) is 5.89. The van der Waals surface area contributed by atoms with E-state index in [4.69, 9.17) is 16.3 Å². The van der Waals surface area contributed by atoms with E-state index in [1.165, 1.54) is 0 Å². The van der Waals surface area contributed by atoms with E-state index >= 15 is 0 Å². The van der Waals surface area contributed by atoms with Gasteiger partial charge in [0, 0.05) is 33.2 Å². The van der Waals surface area contributed by atoms with Crippen LogP contribution in [0.3, 0.4) is 0 Å². The van der Waals surface area contributed by atoms with Gasteiger partial charge in [-0.1, -0.05) is 27.5 Å². The standard InChI is InChI=1S/C23H25BrClN5O3/c1-13(15-11-26-29(12-15)18-8-16(24)7-17(25)9-18)21(31)27-20-10-19(14-5-6-14)28-30(20)22(32)33-23(2,3)4/h7-14H,5-6H2,1-4H3,(H,27,31). The second-order valence-corrected chi connectivity index (χ2v) is 10.5. The van der Waals surface area contributed by atoms with Crippen molar-refractivity contribution in [3.8, 4) is 5.69 Å². The van der Waals surface area contributed by atoms with Gasteiger partial charge in [0.05, 0.1) is 23.5 Å². The quantitative estimate of drug-likeness (QED) is 0.441. The summed E-state index contributed by atoms with van der Waals surface area (Å²) in [5, 5.41) is 12.2. The Balaban J connectivity index is 1.53. The first kappa shape index (κ1) is 23.5. The smallest absolute Gasteiger partial charge is 0.437 e. The molecular weight excluding hydrogens is 510 g/mol. The van der Waals surface area contributed by atoms with Crippen LogP contribution in [0.4, 0.5) is 10.6 Å². The number of nitrogens with one attached hydrogen (secondary N) is 1. The maximum Gasteiger partial charge on any atom is 0.437 e. The van der Waals surface area contributed by atoms with Crippen LogP contribution in [0, 0.1) is 0 Å². The van der Waals surface area contributed by atoms with E-state index in [0.29, 0.717) is 22.3 Å². The second-order valence-electron chi connectivity index (χ2n) is 9.18. The molecule has 0 saturated heterocycles. The van der Waals surface area contributed by atoms with E-state index < -0.39 is 17.6 Å². The molecule has 33 heavy (non-hydrogen) atoms. The number of aromatic nitrogens is 4. The van der Waals surface area contributed by atoms with Crippen LogP contribution >= 0.6 is 27.5 Å². The van der Waals surface area contributed by atoms with E-state index in [1.54, 1.807) is 63.0 Å². The number of anilines is 1. The predicted molar refractivity (Wildman–Crippen MR) is 129 cm³/mol. The molecule has 2 heterocycles. The van der Waals surface area contributed by atoms with Gasteiger partial charge in [0.1, 0.15) is 11.4 Å². The molecule has 3 aromatic rings. The fraction of sp³-hybridized carbons (Fsp3) is 0.391. The number of hydrogen-bond donors (Lipinski definition) is 1. The first-order chi connectivity index (χ1) is 15.5. The number of rotatable bonds is 5. The fourth-order valence-electron chi connectivity index (χ4n) is 3.27. The van der Waals surface area contributed by atoms with Crippen molar-refractivity contribution in [1.29, 1.82) is 0 Å². The van der Waals surface area contributed by atoms with Gasteiger partial charge in [-0.25, -0.2) is 9.48 Å². The monoisotopic (exact) mass is 533 g/mol. The van der Waals surface area contributed by atoms with Crippen molar-refractivity contribution >= 4 is 45.3 Å². The molecule has 1 saturated carbocycles. The van der Waals surface area contributed by atoms with Crippen LogP contribution in [0.5, 0.6) is 0 Å². The Morgan fingerprint density at radius 3 is 2.61 bits per heavy atom. The Morgan fingerprint density at radius 1 is 1.24 bits per heavy atom. The van der Waals surface area contributed by atoms with Gasteiger partial charge in [0.2, 0.25) is 5.91 Å². The molecule has 4 rings (SSSR count). The molecule has 1 N–H and O–H groups in total. The van der Waals surface area contributed by atoms with E-state index in [1.807, 2.05) is 6.07 Å². The normalized spacial score (nSPS) is 14.7. The van der Waals surface area contributed by atoms with E-state index in [-0.39, 0.29) is 5.91 Å². The zero-order chi connectivity index (χ0) is 23.9. The minimum absolute atomic E-state index is 0.283. The number of carbonyl (C=O) groups excluding carboxylic acids is 2. The lowest BCUT2D eigenvalue weighted by molar-refractivity contribution is -0.117. The molecule has 2 aromatic heterocycles. The highest BCUT2D eigenvalue weighted by Crippen LogP contribution is 2.40. The molecule has 174 valence electrons. The zero-order valence-corrected chi connectivity index (χ0v) is 21.1. The number of amides is 1. The van der Waals surface area contributed by atoms with Gasteiger partial charge in [-0.05, 0) is 58.7 Å². The van der Waals surface area contributed by atoms with Crippen molar-refractivity contribution in [1.82, 2.24) is 19.6 Å². The van der Waals surface area contributed by atoms with Gasteiger partial charge in [0.25, 0.3) is 0 Å². The van der Waals surface area contributed by atoms with Crippen LogP contribution in [0.15, 0.2) is 41.1 Å². The molecule has 1 aromatic carbocycles. The Kier molecular flexibility index (Phi) is 6.37. The highest BCUT2D eigenvalue weighted by atomic mass is 79.9. The van der Waals surface area contributed by atoms with Crippen LogP contribution in [0.1, 0.15) is 63.6 Å². The van der Waals surface area contributed by atoms with Crippen molar-refractivity contribution in [2.75, 3.05) is 5.32 Å². The Labute approximate surface area is 205 Å².